The molecule has 0 saturated carbocycles. The summed E-state index contributed by atoms with van der Waals surface area (Å²) in [6, 6.07) is 4.41. The van der Waals surface area contributed by atoms with Gasteiger partial charge in [-0.3, -0.25) is 9.52 Å². The van der Waals surface area contributed by atoms with Crippen LogP contribution in [0.25, 0.3) is 0 Å². The molecule has 0 fully saturated rings. The van der Waals surface area contributed by atoms with Crippen LogP contribution in [-0.4, -0.2) is 26.4 Å². The molecule has 0 heterocycles. The maximum atomic E-state index is 12.2. The molecule has 0 aliphatic carbocycles. The van der Waals surface area contributed by atoms with Crippen LogP contribution in [0.15, 0.2) is 24.3 Å². The molecule has 0 bridgehead atoms. The van der Waals surface area contributed by atoms with Gasteiger partial charge in [-0.2, -0.15) is 8.42 Å². The van der Waals surface area contributed by atoms with Crippen molar-refractivity contribution < 1.29 is 18.0 Å². The van der Waals surface area contributed by atoms with Crippen molar-refractivity contribution in [3.63, 3.8) is 0 Å². The van der Waals surface area contributed by atoms with Crippen molar-refractivity contribution in [1.29, 1.82) is 0 Å². The van der Waals surface area contributed by atoms with E-state index in [1.165, 1.54) is 12.1 Å². The molecule has 128 valence electrons. The number of urea groups is 1. The SMILES string of the molecule is CC(C)CC(NC(N)=O)C(=O)Nc1cccc(NS(N)(=O)=O)c1. The van der Waals surface area contributed by atoms with E-state index in [1.54, 1.807) is 12.1 Å². The molecule has 0 radical (unpaired) electrons. The van der Waals surface area contributed by atoms with Gasteiger partial charge in [0.15, 0.2) is 0 Å². The molecular formula is C13H21N5O4S. The Kier molecular flexibility index (Phi) is 6.34. The van der Waals surface area contributed by atoms with E-state index >= 15 is 0 Å². The second kappa shape index (κ2) is 7.79. The number of benzene rings is 1. The van der Waals surface area contributed by atoms with Crippen molar-refractivity contribution >= 4 is 33.5 Å². The lowest BCUT2D eigenvalue weighted by molar-refractivity contribution is -0.118. The third-order valence-corrected chi connectivity index (χ3v) is 3.25. The lowest BCUT2D eigenvalue weighted by atomic mass is 10.0. The standard InChI is InChI=1S/C13H21N5O4S/c1-8(2)6-11(17-13(14)20)12(19)16-9-4-3-5-10(7-9)18-23(15,21)22/h3-5,7-8,11,18H,6H2,1-2H3,(H,16,19)(H3,14,17,20)(H2,15,21,22). The van der Waals surface area contributed by atoms with Gasteiger partial charge in [-0.05, 0) is 30.5 Å². The third kappa shape index (κ3) is 7.47. The topological polar surface area (TPSA) is 156 Å². The Morgan fingerprint density at radius 1 is 1.22 bits per heavy atom. The number of hydrogen-bond donors (Lipinski definition) is 5. The van der Waals surface area contributed by atoms with Gasteiger partial charge >= 0.3 is 6.03 Å². The minimum absolute atomic E-state index is 0.160. The molecule has 1 aromatic rings. The molecule has 3 amide bonds. The summed E-state index contributed by atoms with van der Waals surface area (Å²) in [7, 11) is -3.91. The molecule has 0 spiro atoms. The van der Waals surface area contributed by atoms with E-state index in [-0.39, 0.29) is 11.6 Å². The second-order valence-electron chi connectivity index (χ2n) is 5.41. The number of amides is 3. The maximum absolute atomic E-state index is 12.2. The van der Waals surface area contributed by atoms with Crippen LogP contribution in [0, 0.1) is 5.92 Å². The summed E-state index contributed by atoms with van der Waals surface area (Å²) in [5, 5.41) is 9.86. The first-order valence-electron chi connectivity index (χ1n) is 6.84. The highest BCUT2D eigenvalue weighted by atomic mass is 32.2. The Labute approximate surface area is 135 Å². The molecule has 7 N–H and O–H groups in total. The van der Waals surface area contributed by atoms with Gasteiger partial charge in [0, 0.05) is 5.69 Å². The molecular weight excluding hydrogens is 322 g/mol. The molecule has 0 aromatic heterocycles. The van der Waals surface area contributed by atoms with Crippen LogP contribution in [0.3, 0.4) is 0 Å². The summed E-state index contributed by atoms with van der Waals surface area (Å²) in [4.78, 5) is 23.2. The highest BCUT2D eigenvalue weighted by Crippen LogP contribution is 2.16. The van der Waals surface area contributed by atoms with E-state index in [1.807, 2.05) is 13.8 Å². The van der Waals surface area contributed by atoms with E-state index in [0.29, 0.717) is 12.1 Å². The van der Waals surface area contributed by atoms with Gasteiger partial charge in [-0.1, -0.05) is 19.9 Å². The van der Waals surface area contributed by atoms with E-state index in [4.69, 9.17) is 10.9 Å². The predicted molar refractivity (Wildman–Crippen MR) is 87.8 cm³/mol. The minimum atomic E-state index is -3.91. The average molecular weight is 343 g/mol. The van der Waals surface area contributed by atoms with Crippen molar-refractivity contribution in [1.82, 2.24) is 5.32 Å². The van der Waals surface area contributed by atoms with E-state index in [0.717, 1.165) is 0 Å². The van der Waals surface area contributed by atoms with Gasteiger partial charge < -0.3 is 16.4 Å². The van der Waals surface area contributed by atoms with Gasteiger partial charge in [0.25, 0.3) is 10.2 Å². The van der Waals surface area contributed by atoms with Crippen molar-refractivity contribution in [2.24, 2.45) is 16.8 Å². The zero-order valence-corrected chi connectivity index (χ0v) is 13.7. The Hall–Kier alpha value is -2.33. The Morgan fingerprint density at radius 2 is 1.83 bits per heavy atom. The number of primary amides is 1. The zero-order valence-electron chi connectivity index (χ0n) is 12.9. The summed E-state index contributed by atoms with van der Waals surface area (Å²) in [6.07, 6.45) is 0.407. The molecule has 1 atom stereocenters. The number of anilines is 2. The van der Waals surface area contributed by atoms with Crippen LogP contribution in [0.4, 0.5) is 16.2 Å². The Balaban J connectivity index is 2.85. The van der Waals surface area contributed by atoms with Gasteiger partial charge in [0.1, 0.15) is 6.04 Å². The van der Waals surface area contributed by atoms with Gasteiger partial charge in [0.2, 0.25) is 5.91 Å². The van der Waals surface area contributed by atoms with Crippen molar-refractivity contribution in [2.45, 2.75) is 26.3 Å². The number of carbonyl (C=O) groups is 2. The highest BCUT2D eigenvalue weighted by Gasteiger charge is 2.21. The first-order chi connectivity index (χ1) is 10.6. The normalized spacial score (nSPS) is 12.5. The second-order valence-corrected chi connectivity index (χ2v) is 6.70. The molecule has 1 aromatic carbocycles. The van der Waals surface area contributed by atoms with Crippen molar-refractivity contribution in [2.75, 3.05) is 10.0 Å². The number of nitrogens with one attached hydrogen (secondary N) is 3. The van der Waals surface area contributed by atoms with Crippen LogP contribution < -0.4 is 26.2 Å². The van der Waals surface area contributed by atoms with E-state index in [2.05, 4.69) is 15.4 Å². The molecule has 1 unspecified atom stereocenters. The Bertz CT molecular complexity index is 675. The number of nitrogens with two attached hydrogens (primary N) is 2. The number of hydrogen-bond acceptors (Lipinski definition) is 4. The van der Waals surface area contributed by atoms with Crippen molar-refractivity contribution in [3.05, 3.63) is 24.3 Å². The largest absolute Gasteiger partial charge is 0.352 e. The molecule has 1 rings (SSSR count). The quantitative estimate of drug-likeness (QED) is 0.483. The first kappa shape index (κ1) is 18.7. The van der Waals surface area contributed by atoms with E-state index < -0.39 is 28.2 Å². The van der Waals surface area contributed by atoms with Crippen LogP contribution in [0.2, 0.25) is 0 Å². The number of carbonyl (C=O) groups excluding carboxylic acids is 2. The fourth-order valence-corrected chi connectivity index (χ4v) is 2.38. The maximum Gasteiger partial charge on any atom is 0.312 e. The third-order valence-electron chi connectivity index (χ3n) is 2.73. The highest BCUT2D eigenvalue weighted by molar-refractivity contribution is 7.90. The van der Waals surface area contributed by atoms with E-state index in [9.17, 15) is 18.0 Å². The molecule has 0 aliphatic rings. The summed E-state index contributed by atoms with van der Waals surface area (Å²) in [5.41, 5.74) is 5.63. The zero-order chi connectivity index (χ0) is 17.6. The molecule has 10 heteroatoms. The predicted octanol–water partition coefficient (Wildman–Crippen LogP) is 0.324. The van der Waals surface area contributed by atoms with Gasteiger partial charge in [0.05, 0.1) is 5.69 Å². The molecule has 9 nitrogen and oxygen atoms in total. The first-order valence-corrected chi connectivity index (χ1v) is 8.39. The summed E-state index contributed by atoms with van der Waals surface area (Å²) >= 11 is 0. The minimum Gasteiger partial charge on any atom is -0.352 e. The smallest absolute Gasteiger partial charge is 0.312 e. The van der Waals surface area contributed by atoms with Crippen LogP contribution in [0.1, 0.15) is 20.3 Å². The average Bonchev–Trinajstić information content (AvgIpc) is 2.35. The molecule has 23 heavy (non-hydrogen) atoms. The van der Waals surface area contributed by atoms with Crippen LogP contribution >= 0.6 is 0 Å². The summed E-state index contributed by atoms with van der Waals surface area (Å²) < 4.78 is 24.1. The molecule has 0 aliphatic heterocycles. The summed E-state index contributed by atoms with van der Waals surface area (Å²) in [5.74, 6) is -0.293. The van der Waals surface area contributed by atoms with Gasteiger partial charge in [-0.25, -0.2) is 9.93 Å². The fraction of sp³-hybridized carbons (Fsp3) is 0.385. The molecule has 0 saturated heterocycles. The van der Waals surface area contributed by atoms with Gasteiger partial charge in [-0.15, -0.1) is 0 Å². The lowest BCUT2D eigenvalue weighted by Gasteiger charge is -2.19. The van der Waals surface area contributed by atoms with Crippen LogP contribution in [0.5, 0.6) is 0 Å². The number of rotatable bonds is 7. The monoisotopic (exact) mass is 343 g/mol. The fourth-order valence-electron chi connectivity index (χ4n) is 1.93. The van der Waals surface area contributed by atoms with Crippen LogP contribution in [-0.2, 0) is 15.0 Å². The Morgan fingerprint density at radius 3 is 2.35 bits per heavy atom. The van der Waals surface area contributed by atoms with Crippen molar-refractivity contribution in [3.8, 4) is 0 Å². The lowest BCUT2D eigenvalue weighted by Crippen LogP contribution is -2.46. The summed E-state index contributed by atoms with van der Waals surface area (Å²) in [6.45, 7) is 3.80.